The van der Waals surface area contributed by atoms with Crippen LogP contribution in [0, 0.1) is 0 Å². The second-order valence-electron chi connectivity index (χ2n) is 5.32. The average Bonchev–Trinajstić information content (AvgIpc) is 2.52. The number of amides is 1. The Morgan fingerprint density at radius 2 is 1.89 bits per heavy atom. The molecule has 2 saturated heterocycles. The quantitative estimate of drug-likeness (QED) is 0.654. The normalized spacial score (nSPS) is 33.4. The smallest absolute Gasteiger partial charge is 0.217 e. The van der Waals surface area contributed by atoms with Crippen molar-refractivity contribution in [2.45, 2.75) is 37.9 Å². The molecule has 0 aromatic carbocycles. The van der Waals surface area contributed by atoms with Gasteiger partial charge in [0, 0.05) is 38.1 Å². The zero-order valence-electron chi connectivity index (χ0n) is 10.6. The van der Waals surface area contributed by atoms with Gasteiger partial charge < -0.3 is 11.1 Å². The van der Waals surface area contributed by atoms with Crippen molar-refractivity contribution < 1.29 is 13.2 Å². The molecule has 2 atom stereocenters. The summed E-state index contributed by atoms with van der Waals surface area (Å²) in [6, 6.07) is -0.103. The lowest BCUT2D eigenvalue weighted by Gasteiger charge is -2.37. The molecule has 0 saturated carbocycles. The van der Waals surface area contributed by atoms with Crippen molar-refractivity contribution in [1.82, 2.24) is 10.2 Å². The van der Waals surface area contributed by atoms with Gasteiger partial charge >= 0.3 is 0 Å². The van der Waals surface area contributed by atoms with Crippen LogP contribution in [0.3, 0.4) is 0 Å². The van der Waals surface area contributed by atoms with E-state index >= 15 is 0 Å². The molecule has 104 valence electrons. The number of nitrogens with one attached hydrogen (secondary N) is 1. The molecule has 2 rings (SSSR count). The van der Waals surface area contributed by atoms with Gasteiger partial charge in [-0.2, -0.15) is 0 Å². The van der Waals surface area contributed by atoms with Gasteiger partial charge in [-0.3, -0.25) is 9.69 Å². The number of sulfone groups is 1. The van der Waals surface area contributed by atoms with Gasteiger partial charge in [0.1, 0.15) is 0 Å². The molecule has 2 heterocycles. The van der Waals surface area contributed by atoms with Gasteiger partial charge in [-0.05, 0) is 12.8 Å². The van der Waals surface area contributed by atoms with E-state index in [4.69, 9.17) is 5.73 Å². The van der Waals surface area contributed by atoms with E-state index in [9.17, 15) is 13.2 Å². The second kappa shape index (κ2) is 5.14. The molecule has 0 aliphatic carbocycles. The lowest BCUT2D eigenvalue weighted by atomic mass is 10.0. The monoisotopic (exact) mass is 275 g/mol. The van der Waals surface area contributed by atoms with Crippen LogP contribution in [0.5, 0.6) is 0 Å². The topological polar surface area (TPSA) is 92.5 Å². The third-order valence-electron chi connectivity index (χ3n) is 3.77. The maximum atomic E-state index is 11.5. The Hall–Kier alpha value is -0.660. The van der Waals surface area contributed by atoms with Crippen molar-refractivity contribution in [3.8, 4) is 0 Å². The van der Waals surface area contributed by atoms with E-state index in [1.165, 1.54) is 6.92 Å². The fourth-order valence-electron chi connectivity index (χ4n) is 2.90. The first kappa shape index (κ1) is 13.8. The number of carbonyl (C=O) groups excluding carboxylic acids is 1. The second-order valence-corrected chi connectivity index (χ2v) is 7.47. The Morgan fingerprint density at radius 1 is 1.28 bits per heavy atom. The number of hydrogen-bond donors (Lipinski definition) is 2. The molecule has 0 bridgehead atoms. The predicted octanol–water partition coefficient (Wildman–Crippen LogP) is -1.29. The average molecular weight is 275 g/mol. The number of hydrogen-bond acceptors (Lipinski definition) is 5. The Morgan fingerprint density at radius 3 is 2.33 bits per heavy atom. The van der Waals surface area contributed by atoms with Crippen molar-refractivity contribution in [3.63, 3.8) is 0 Å². The van der Waals surface area contributed by atoms with Crippen molar-refractivity contribution in [1.29, 1.82) is 0 Å². The van der Waals surface area contributed by atoms with E-state index < -0.39 is 9.84 Å². The van der Waals surface area contributed by atoms with Crippen LogP contribution in [-0.2, 0) is 14.6 Å². The van der Waals surface area contributed by atoms with E-state index in [0.717, 1.165) is 25.9 Å². The highest BCUT2D eigenvalue weighted by Crippen LogP contribution is 2.21. The van der Waals surface area contributed by atoms with Crippen LogP contribution < -0.4 is 11.1 Å². The zero-order chi connectivity index (χ0) is 13.3. The molecule has 2 aliphatic heterocycles. The Balaban J connectivity index is 1.88. The van der Waals surface area contributed by atoms with E-state index in [-0.39, 0.29) is 35.5 Å². The van der Waals surface area contributed by atoms with Gasteiger partial charge in [0.15, 0.2) is 9.84 Å². The molecule has 2 aliphatic rings. The highest BCUT2D eigenvalue weighted by molar-refractivity contribution is 7.91. The van der Waals surface area contributed by atoms with E-state index in [1.54, 1.807) is 0 Å². The SMILES string of the molecule is CC(=O)NC1CCN(C2CS(=O)(=O)CC2N)CC1. The highest BCUT2D eigenvalue weighted by atomic mass is 32.2. The summed E-state index contributed by atoms with van der Waals surface area (Å²) in [4.78, 5) is 13.1. The molecule has 0 aromatic rings. The van der Waals surface area contributed by atoms with Crippen LogP contribution in [0.2, 0.25) is 0 Å². The number of likely N-dealkylation sites (tertiary alicyclic amines) is 1. The molecule has 1 amide bonds. The van der Waals surface area contributed by atoms with Crippen LogP contribution >= 0.6 is 0 Å². The number of rotatable bonds is 2. The van der Waals surface area contributed by atoms with Crippen molar-refractivity contribution in [2.24, 2.45) is 5.73 Å². The molecular weight excluding hydrogens is 254 g/mol. The summed E-state index contributed by atoms with van der Waals surface area (Å²) in [6.45, 7) is 3.13. The van der Waals surface area contributed by atoms with Crippen LogP contribution in [0.1, 0.15) is 19.8 Å². The van der Waals surface area contributed by atoms with Crippen LogP contribution in [0.4, 0.5) is 0 Å². The minimum Gasteiger partial charge on any atom is -0.354 e. The molecule has 6 nitrogen and oxygen atoms in total. The highest BCUT2D eigenvalue weighted by Gasteiger charge is 2.39. The lowest BCUT2D eigenvalue weighted by molar-refractivity contribution is -0.120. The van der Waals surface area contributed by atoms with Gasteiger partial charge in [-0.15, -0.1) is 0 Å². The third-order valence-corrected chi connectivity index (χ3v) is 5.51. The minimum absolute atomic E-state index is 0.00593. The van der Waals surface area contributed by atoms with Gasteiger partial charge in [0.2, 0.25) is 5.91 Å². The fraction of sp³-hybridized carbons (Fsp3) is 0.909. The molecule has 0 radical (unpaired) electrons. The Kier molecular flexibility index (Phi) is 3.93. The Bertz CT molecular complexity index is 415. The summed E-state index contributed by atoms with van der Waals surface area (Å²) in [5.41, 5.74) is 5.91. The minimum atomic E-state index is -2.96. The van der Waals surface area contributed by atoms with Gasteiger partial charge in [0.25, 0.3) is 0 Å². The first-order valence-electron chi connectivity index (χ1n) is 6.34. The first-order chi connectivity index (χ1) is 8.37. The summed E-state index contributed by atoms with van der Waals surface area (Å²) in [6.07, 6.45) is 1.73. The van der Waals surface area contributed by atoms with Gasteiger partial charge in [-0.25, -0.2) is 8.42 Å². The fourth-order valence-corrected chi connectivity index (χ4v) is 4.82. The van der Waals surface area contributed by atoms with E-state index in [1.807, 2.05) is 0 Å². The molecule has 7 heteroatoms. The van der Waals surface area contributed by atoms with Crippen LogP contribution in [0.25, 0.3) is 0 Å². The molecule has 18 heavy (non-hydrogen) atoms. The van der Waals surface area contributed by atoms with Crippen molar-refractivity contribution in [2.75, 3.05) is 24.6 Å². The van der Waals surface area contributed by atoms with Crippen molar-refractivity contribution in [3.05, 3.63) is 0 Å². The summed E-state index contributed by atoms with van der Waals surface area (Å²) < 4.78 is 23.1. The van der Waals surface area contributed by atoms with Crippen LogP contribution in [0.15, 0.2) is 0 Å². The standard InChI is InChI=1S/C11H21N3O3S/c1-8(15)13-9-2-4-14(5-3-9)11-7-18(16,17)6-10(11)12/h9-11H,2-7,12H2,1H3,(H,13,15). The number of nitrogens with zero attached hydrogens (tertiary/aromatic N) is 1. The molecular formula is C11H21N3O3S. The number of nitrogens with two attached hydrogens (primary N) is 1. The molecule has 0 aromatic heterocycles. The first-order valence-corrected chi connectivity index (χ1v) is 8.17. The summed E-state index contributed by atoms with van der Waals surface area (Å²) >= 11 is 0. The molecule has 2 fully saturated rings. The predicted molar refractivity (Wildman–Crippen MR) is 68.8 cm³/mol. The summed E-state index contributed by atoms with van der Waals surface area (Å²) in [7, 11) is -2.96. The van der Waals surface area contributed by atoms with Gasteiger partial charge in [0.05, 0.1) is 11.5 Å². The molecule has 0 spiro atoms. The number of piperidine rings is 1. The van der Waals surface area contributed by atoms with E-state index in [0.29, 0.717) is 0 Å². The largest absolute Gasteiger partial charge is 0.354 e. The molecule has 2 unspecified atom stereocenters. The molecule has 3 N–H and O–H groups in total. The van der Waals surface area contributed by atoms with E-state index in [2.05, 4.69) is 10.2 Å². The van der Waals surface area contributed by atoms with Gasteiger partial charge in [-0.1, -0.05) is 0 Å². The van der Waals surface area contributed by atoms with Crippen molar-refractivity contribution >= 4 is 15.7 Å². The summed E-state index contributed by atoms with van der Waals surface area (Å²) in [5.74, 6) is 0.274. The number of carbonyl (C=O) groups is 1. The zero-order valence-corrected chi connectivity index (χ0v) is 11.4. The summed E-state index contributed by atoms with van der Waals surface area (Å²) in [5, 5.41) is 2.91. The maximum absolute atomic E-state index is 11.5. The van der Waals surface area contributed by atoms with Crippen LogP contribution in [-0.4, -0.2) is 61.9 Å². The Labute approximate surface area is 108 Å². The maximum Gasteiger partial charge on any atom is 0.217 e. The third kappa shape index (κ3) is 3.21. The lowest BCUT2D eigenvalue weighted by Crippen LogP contribution is -2.52.